The van der Waals surface area contributed by atoms with Crippen molar-refractivity contribution in [3.05, 3.63) is 71.8 Å². The van der Waals surface area contributed by atoms with Crippen LogP contribution in [0.25, 0.3) is 11.0 Å². The second-order valence-electron chi connectivity index (χ2n) is 8.70. The van der Waals surface area contributed by atoms with Gasteiger partial charge in [0, 0.05) is 29.7 Å². The van der Waals surface area contributed by atoms with Gasteiger partial charge in [-0.3, -0.25) is 9.59 Å². The Morgan fingerprint density at radius 2 is 2.12 bits per heavy atom. The third-order valence-corrected chi connectivity index (χ3v) is 6.37. The van der Waals surface area contributed by atoms with Crippen LogP contribution in [0.1, 0.15) is 56.3 Å². The van der Waals surface area contributed by atoms with Crippen LogP contribution in [-0.4, -0.2) is 39.9 Å². The Morgan fingerprint density at radius 3 is 2.94 bits per heavy atom. The average Bonchev–Trinajstić information content (AvgIpc) is 2.84. The van der Waals surface area contributed by atoms with Crippen LogP contribution in [0.2, 0.25) is 0 Å². The highest BCUT2D eigenvalue weighted by Gasteiger charge is 2.35. The number of carbonyl (C=O) groups is 2. The summed E-state index contributed by atoms with van der Waals surface area (Å²) in [5.74, 6) is -0.865. The van der Waals surface area contributed by atoms with Gasteiger partial charge in [0.15, 0.2) is 5.65 Å². The van der Waals surface area contributed by atoms with E-state index in [0.717, 1.165) is 48.8 Å². The molecule has 1 aliphatic rings. The van der Waals surface area contributed by atoms with Gasteiger partial charge < -0.3 is 9.64 Å². The van der Waals surface area contributed by atoms with Crippen molar-refractivity contribution in [3.63, 3.8) is 0 Å². The van der Waals surface area contributed by atoms with Crippen molar-refractivity contribution < 1.29 is 18.7 Å². The highest BCUT2D eigenvalue weighted by Crippen LogP contribution is 2.33. The summed E-state index contributed by atoms with van der Waals surface area (Å²) >= 11 is 0. The Kier molecular flexibility index (Phi) is 7.83. The molecule has 3 aromatic rings. The van der Waals surface area contributed by atoms with Crippen molar-refractivity contribution in [1.29, 1.82) is 0 Å². The number of pyridine rings is 2. The molecule has 1 saturated heterocycles. The van der Waals surface area contributed by atoms with Crippen LogP contribution in [0.5, 0.6) is 0 Å². The van der Waals surface area contributed by atoms with Crippen molar-refractivity contribution in [2.75, 3.05) is 13.2 Å². The standard InChI is InChI=1S/C27H30FN3O3/c1-2-34-25(32)18-24(21-8-3-11-22(28)17-21)31-16-6-10-20(27(31)33)7-4-12-23-14-13-19-9-5-15-29-26(19)30-23/h3,5,8-9,11,13-15,17,20,24H,2,4,6-7,10,12,16,18H2,1H3. The molecule has 0 bridgehead atoms. The van der Waals surface area contributed by atoms with Crippen LogP contribution < -0.4 is 0 Å². The van der Waals surface area contributed by atoms with Crippen LogP contribution in [0.15, 0.2) is 54.7 Å². The Morgan fingerprint density at radius 1 is 1.24 bits per heavy atom. The first-order valence-corrected chi connectivity index (χ1v) is 12.0. The number of hydrogen-bond donors (Lipinski definition) is 0. The molecule has 2 atom stereocenters. The van der Waals surface area contributed by atoms with E-state index in [1.54, 1.807) is 30.2 Å². The van der Waals surface area contributed by atoms with Gasteiger partial charge in [0.05, 0.1) is 19.1 Å². The minimum absolute atomic E-state index is 0.0176. The van der Waals surface area contributed by atoms with Gasteiger partial charge in [0.25, 0.3) is 0 Å². The number of aryl methyl sites for hydroxylation is 1. The molecule has 4 rings (SSSR count). The zero-order chi connectivity index (χ0) is 23.9. The van der Waals surface area contributed by atoms with Gasteiger partial charge in [-0.15, -0.1) is 0 Å². The molecule has 1 amide bonds. The smallest absolute Gasteiger partial charge is 0.308 e. The zero-order valence-corrected chi connectivity index (χ0v) is 19.5. The quantitative estimate of drug-likeness (QED) is 0.417. The van der Waals surface area contributed by atoms with Crippen molar-refractivity contribution >= 4 is 22.9 Å². The largest absolute Gasteiger partial charge is 0.466 e. The van der Waals surface area contributed by atoms with Gasteiger partial charge in [-0.25, -0.2) is 14.4 Å². The number of hydrogen-bond acceptors (Lipinski definition) is 5. The van der Waals surface area contributed by atoms with E-state index in [1.165, 1.54) is 12.1 Å². The summed E-state index contributed by atoms with van der Waals surface area (Å²) in [5, 5.41) is 1.01. The number of aromatic nitrogens is 2. The van der Waals surface area contributed by atoms with Gasteiger partial charge in [-0.05, 0) is 81.0 Å². The number of halogens is 1. The summed E-state index contributed by atoms with van der Waals surface area (Å²) < 4.78 is 19.1. The monoisotopic (exact) mass is 463 g/mol. The number of benzene rings is 1. The minimum atomic E-state index is -0.529. The van der Waals surface area contributed by atoms with E-state index in [2.05, 4.69) is 9.97 Å². The van der Waals surface area contributed by atoms with E-state index in [-0.39, 0.29) is 36.6 Å². The van der Waals surface area contributed by atoms with Crippen molar-refractivity contribution in [3.8, 4) is 0 Å². The molecule has 0 saturated carbocycles. The summed E-state index contributed by atoms with van der Waals surface area (Å²) in [7, 11) is 0. The number of fused-ring (bicyclic) bond motifs is 1. The molecular formula is C27H30FN3O3. The van der Waals surface area contributed by atoms with E-state index < -0.39 is 6.04 Å². The topological polar surface area (TPSA) is 72.4 Å². The van der Waals surface area contributed by atoms with Crippen molar-refractivity contribution in [2.45, 2.75) is 51.5 Å². The molecule has 34 heavy (non-hydrogen) atoms. The summed E-state index contributed by atoms with van der Waals surface area (Å²) in [4.78, 5) is 36.4. The summed E-state index contributed by atoms with van der Waals surface area (Å²) in [6.45, 7) is 2.56. The van der Waals surface area contributed by atoms with Crippen LogP contribution in [0.3, 0.4) is 0 Å². The maximum Gasteiger partial charge on any atom is 0.308 e. The second-order valence-corrected chi connectivity index (χ2v) is 8.70. The van der Waals surface area contributed by atoms with E-state index in [1.807, 2.05) is 24.3 Å². The average molecular weight is 464 g/mol. The lowest BCUT2D eigenvalue weighted by Gasteiger charge is -2.38. The second kappa shape index (κ2) is 11.2. The van der Waals surface area contributed by atoms with Crippen LogP contribution in [-0.2, 0) is 20.7 Å². The van der Waals surface area contributed by atoms with Gasteiger partial charge in [0.2, 0.25) is 5.91 Å². The fourth-order valence-electron chi connectivity index (χ4n) is 4.71. The molecule has 3 heterocycles. The van der Waals surface area contributed by atoms with Gasteiger partial charge in [-0.1, -0.05) is 12.1 Å². The molecule has 1 aliphatic heterocycles. The van der Waals surface area contributed by atoms with Crippen molar-refractivity contribution in [1.82, 2.24) is 14.9 Å². The lowest BCUT2D eigenvalue weighted by atomic mass is 9.89. The Labute approximate surface area is 199 Å². The third kappa shape index (κ3) is 5.76. The number of esters is 1. The fourth-order valence-corrected chi connectivity index (χ4v) is 4.71. The summed E-state index contributed by atoms with van der Waals surface area (Å²) in [6, 6.07) is 13.5. The number of piperidine rings is 1. The predicted molar refractivity (Wildman–Crippen MR) is 127 cm³/mol. The number of likely N-dealkylation sites (tertiary alicyclic amines) is 1. The third-order valence-electron chi connectivity index (χ3n) is 6.37. The Balaban J connectivity index is 1.43. The molecule has 0 spiro atoms. The number of ether oxygens (including phenoxy) is 1. The molecule has 6 nitrogen and oxygen atoms in total. The summed E-state index contributed by atoms with van der Waals surface area (Å²) in [6.07, 6.45) is 5.76. The molecule has 7 heteroatoms. The first-order chi connectivity index (χ1) is 16.5. The number of rotatable bonds is 9. The maximum absolute atomic E-state index is 13.9. The molecule has 0 aliphatic carbocycles. The molecule has 0 radical (unpaired) electrons. The molecule has 2 aromatic heterocycles. The van der Waals surface area contributed by atoms with Crippen molar-refractivity contribution in [2.24, 2.45) is 5.92 Å². The Hall–Kier alpha value is -3.35. The van der Waals surface area contributed by atoms with Gasteiger partial charge >= 0.3 is 5.97 Å². The minimum Gasteiger partial charge on any atom is -0.466 e. The van der Waals surface area contributed by atoms with E-state index in [9.17, 15) is 14.0 Å². The molecule has 0 N–H and O–H groups in total. The lowest BCUT2D eigenvalue weighted by molar-refractivity contribution is -0.148. The Bertz CT molecular complexity index is 1150. The predicted octanol–water partition coefficient (Wildman–Crippen LogP) is 5.02. The van der Waals surface area contributed by atoms with Gasteiger partial charge in [0.1, 0.15) is 5.82 Å². The maximum atomic E-state index is 13.9. The van der Waals surface area contributed by atoms with E-state index in [4.69, 9.17) is 4.74 Å². The summed E-state index contributed by atoms with van der Waals surface area (Å²) in [5.41, 5.74) is 2.32. The highest BCUT2D eigenvalue weighted by molar-refractivity contribution is 5.81. The van der Waals surface area contributed by atoms with Crippen LogP contribution in [0.4, 0.5) is 4.39 Å². The van der Waals surface area contributed by atoms with Gasteiger partial charge in [-0.2, -0.15) is 0 Å². The number of carbonyl (C=O) groups excluding carboxylic acids is 2. The molecule has 1 fully saturated rings. The number of nitrogens with zero attached hydrogens (tertiary/aromatic N) is 3. The van der Waals surface area contributed by atoms with Crippen LogP contribution in [0, 0.1) is 11.7 Å². The SMILES string of the molecule is CCOC(=O)CC(c1cccc(F)c1)N1CCCC(CCCc2ccc3cccnc3n2)C1=O. The lowest BCUT2D eigenvalue weighted by Crippen LogP contribution is -2.44. The first-order valence-electron chi connectivity index (χ1n) is 12.0. The zero-order valence-electron chi connectivity index (χ0n) is 19.5. The molecule has 1 aromatic carbocycles. The molecular weight excluding hydrogens is 433 g/mol. The normalized spacial score (nSPS) is 17.1. The molecule has 178 valence electrons. The fraction of sp³-hybridized carbons (Fsp3) is 0.407. The highest BCUT2D eigenvalue weighted by atomic mass is 19.1. The first kappa shape index (κ1) is 23.8. The van der Waals surface area contributed by atoms with E-state index >= 15 is 0 Å². The van der Waals surface area contributed by atoms with Crippen LogP contribution >= 0.6 is 0 Å². The van der Waals surface area contributed by atoms with E-state index in [0.29, 0.717) is 12.1 Å². The number of amides is 1. The molecule has 2 unspecified atom stereocenters.